The van der Waals surface area contributed by atoms with E-state index in [2.05, 4.69) is 36.4 Å². The van der Waals surface area contributed by atoms with Gasteiger partial charge in [-0.3, -0.25) is 9.79 Å². The van der Waals surface area contributed by atoms with Crippen LogP contribution in [-0.2, 0) is 14.3 Å². The predicted octanol–water partition coefficient (Wildman–Crippen LogP) is 1.56. The zero-order valence-electron chi connectivity index (χ0n) is 14.3. The van der Waals surface area contributed by atoms with E-state index in [1.807, 2.05) is 6.92 Å². The minimum Gasteiger partial charge on any atom is -0.466 e. The molecule has 0 aliphatic carbocycles. The molecule has 1 atom stereocenters. The lowest BCUT2D eigenvalue weighted by atomic mass is 9.89. The molecule has 0 saturated carbocycles. The van der Waals surface area contributed by atoms with E-state index >= 15 is 0 Å². The van der Waals surface area contributed by atoms with E-state index in [4.69, 9.17) is 9.47 Å². The lowest BCUT2D eigenvalue weighted by molar-refractivity contribution is -0.143. The molecule has 1 unspecified atom stereocenters. The Bertz CT molecular complexity index is 325. The normalized spacial score (nSPS) is 13.7. The Balaban J connectivity index is 4.00. The summed E-state index contributed by atoms with van der Waals surface area (Å²) in [6.07, 6.45) is 1.23. The lowest BCUT2D eigenvalue weighted by Crippen LogP contribution is -2.45. The van der Waals surface area contributed by atoms with Crippen molar-refractivity contribution < 1.29 is 14.3 Å². The summed E-state index contributed by atoms with van der Waals surface area (Å²) in [5.41, 5.74) is 0.0600. The third-order valence-electron chi connectivity index (χ3n) is 3.08. The Hall–Kier alpha value is -1.30. The highest BCUT2D eigenvalue weighted by Gasteiger charge is 2.24. The van der Waals surface area contributed by atoms with E-state index in [1.165, 1.54) is 0 Å². The molecule has 0 fully saturated rings. The first-order valence-corrected chi connectivity index (χ1v) is 7.48. The number of guanidine groups is 1. The molecule has 6 nitrogen and oxygen atoms in total. The van der Waals surface area contributed by atoms with E-state index in [0.29, 0.717) is 38.5 Å². The summed E-state index contributed by atoms with van der Waals surface area (Å²) >= 11 is 0. The van der Waals surface area contributed by atoms with Crippen molar-refractivity contribution in [3.05, 3.63) is 0 Å². The summed E-state index contributed by atoms with van der Waals surface area (Å²) in [6, 6.07) is 0. The molecule has 0 aliphatic heterocycles. The Labute approximate surface area is 128 Å². The number of aliphatic imine (C=N–C) groups is 1. The molecule has 0 amide bonds. The van der Waals surface area contributed by atoms with Crippen LogP contribution in [0, 0.1) is 5.41 Å². The maximum Gasteiger partial charge on any atom is 0.305 e. The van der Waals surface area contributed by atoms with E-state index in [-0.39, 0.29) is 17.5 Å². The molecule has 124 valence electrons. The second kappa shape index (κ2) is 10.4. The van der Waals surface area contributed by atoms with Crippen molar-refractivity contribution in [2.75, 3.05) is 33.9 Å². The lowest BCUT2D eigenvalue weighted by Gasteiger charge is -2.30. The Morgan fingerprint density at radius 1 is 1.29 bits per heavy atom. The molecule has 0 radical (unpaired) electrons. The van der Waals surface area contributed by atoms with Gasteiger partial charge in [0.15, 0.2) is 5.96 Å². The number of ether oxygens (including phenoxy) is 2. The number of nitrogens with one attached hydrogen (secondary N) is 2. The number of hydrogen-bond acceptors (Lipinski definition) is 4. The Morgan fingerprint density at radius 2 is 1.95 bits per heavy atom. The van der Waals surface area contributed by atoms with Crippen molar-refractivity contribution in [1.29, 1.82) is 0 Å². The Morgan fingerprint density at radius 3 is 2.43 bits per heavy atom. The van der Waals surface area contributed by atoms with Gasteiger partial charge in [-0.15, -0.1) is 0 Å². The first-order valence-electron chi connectivity index (χ1n) is 7.48. The summed E-state index contributed by atoms with van der Waals surface area (Å²) in [5.74, 6) is 0.555. The van der Waals surface area contributed by atoms with Crippen molar-refractivity contribution in [2.45, 2.75) is 46.6 Å². The van der Waals surface area contributed by atoms with Crippen molar-refractivity contribution in [3.63, 3.8) is 0 Å². The minimum atomic E-state index is -0.158. The molecule has 2 N–H and O–H groups in total. The quantitative estimate of drug-likeness (QED) is 0.308. The van der Waals surface area contributed by atoms with Gasteiger partial charge in [-0.2, -0.15) is 0 Å². The van der Waals surface area contributed by atoms with E-state index in [9.17, 15) is 4.79 Å². The van der Waals surface area contributed by atoms with Crippen molar-refractivity contribution >= 4 is 11.9 Å². The molecule has 0 bridgehead atoms. The maximum atomic E-state index is 11.2. The average Bonchev–Trinajstić information content (AvgIpc) is 2.40. The van der Waals surface area contributed by atoms with Crippen molar-refractivity contribution in [2.24, 2.45) is 10.4 Å². The highest BCUT2D eigenvalue weighted by Crippen LogP contribution is 2.20. The van der Waals surface area contributed by atoms with Gasteiger partial charge in [-0.25, -0.2) is 0 Å². The summed E-state index contributed by atoms with van der Waals surface area (Å²) in [5, 5.41) is 6.41. The molecular formula is C15H31N3O3. The van der Waals surface area contributed by atoms with Crippen LogP contribution < -0.4 is 10.6 Å². The van der Waals surface area contributed by atoms with E-state index in [1.54, 1.807) is 14.2 Å². The molecular weight excluding hydrogens is 270 g/mol. The van der Waals surface area contributed by atoms with Gasteiger partial charge < -0.3 is 20.1 Å². The van der Waals surface area contributed by atoms with Gasteiger partial charge in [0.2, 0.25) is 0 Å². The molecule has 0 aliphatic rings. The van der Waals surface area contributed by atoms with Crippen LogP contribution >= 0.6 is 0 Å². The van der Waals surface area contributed by atoms with Gasteiger partial charge in [0.05, 0.1) is 12.7 Å². The van der Waals surface area contributed by atoms with Crippen LogP contribution in [0.4, 0.5) is 0 Å². The van der Waals surface area contributed by atoms with E-state index < -0.39 is 0 Å². The van der Waals surface area contributed by atoms with Gasteiger partial charge in [-0.1, -0.05) is 20.8 Å². The SMILES string of the molecule is CCOC(=O)CCCNC(=NC)NCC(OC)C(C)(C)C. The van der Waals surface area contributed by atoms with Gasteiger partial charge >= 0.3 is 5.97 Å². The fourth-order valence-electron chi connectivity index (χ4n) is 1.83. The summed E-state index contributed by atoms with van der Waals surface area (Å²) in [7, 11) is 3.44. The maximum absolute atomic E-state index is 11.2. The summed E-state index contributed by atoms with van der Waals surface area (Å²) in [4.78, 5) is 15.4. The number of carbonyl (C=O) groups excluding carboxylic acids is 1. The van der Waals surface area contributed by atoms with Crippen LogP contribution in [0.25, 0.3) is 0 Å². The zero-order valence-corrected chi connectivity index (χ0v) is 14.3. The first kappa shape index (κ1) is 19.7. The number of esters is 1. The monoisotopic (exact) mass is 301 g/mol. The molecule has 6 heteroatoms. The van der Waals surface area contributed by atoms with Crippen LogP contribution in [0.1, 0.15) is 40.5 Å². The fraction of sp³-hybridized carbons (Fsp3) is 0.867. The largest absolute Gasteiger partial charge is 0.466 e. The van der Waals surface area contributed by atoms with Crippen LogP contribution in [0.2, 0.25) is 0 Å². The summed E-state index contributed by atoms with van der Waals surface area (Å²) < 4.78 is 10.4. The Kier molecular flexibility index (Phi) is 9.78. The predicted molar refractivity (Wildman–Crippen MR) is 85.5 cm³/mol. The number of methoxy groups -OCH3 is 1. The standard InChI is InChI=1S/C15H31N3O3/c1-7-21-13(19)9-8-10-17-14(16-5)18-11-12(20-6)15(2,3)4/h12H,7-11H2,1-6H3,(H2,16,17,18). The minimum absolute atomic E-state index is 0.0600. The molecule has 0 rings (SSSR count). The van der Waals surface area contributed by atoms with Gasteiger partial charge in [0.25, 0.3) is 0 Å². The number of hydrogen-bond donors (Lipinski definition) is 2. The highest BCUT2D eigenvalue weighted by molar-refractivity contribution is 5.79. The third kappa shape index (κ3) is 9.28. The molecule has 21 heavy (non-hydrogen) atoms. The van der Waals surface area contributed by atoms with Crippen LogP contribution in [0.5, 0.6) is 0 Å². The topological polar surface area (TPSA) is 72.0 Å². The smallest absolute Gasteiger partial charge is 0.305 e. The zero-order chi connectivity index (χ0) is 16.3. The van der Waals surface area contributed by atoms with Crippen molar-refractivity contribution in [1.82, 2.24) is 10.6 Å². The number of rotatable bonds is 8. The fourth-order valence-corrected chi connectivity index (χ4v) is 1.83. The molecule has 0 saturated heterocycles. The van der Waals surface area contributed by atoms with Gasteiger partial charge in [-0.05, 0) is 18.8 Å². The first-order chi connectivity index (χ1) is 9.85. The van der Waals surface area contributed by atoms with Gasteiger partial charge in [0.1, 0.15) is 0 Å². The molecule has 0 spiro atoms. The number of nitrogens with zero attached hydrogens (tertiary/aromatic N) is 1. The molecule has 0 aromatic carbocycles. The van der Waals surface area contributed by atoms with Crippen LogP contribution in [0.15, 0.2) is 4.99 Å². The van der Waals surface area contributed by atoms with Crippen LogP contribution in [-0.4, -0.2) is 51.9 Å². The molecule has 0 aromatic heterocycles. The third-order valence-corrected chi connectivity index (χ3v) is 3.08. The van der Waals surface area contributed by atoms with Crippen molar-refractivity contribution in [3.8, 4) is 0 Å². The highest BCUT2D eigenvalue weighted by atomic mass is 16.5. The van der Waals surface area contributed by atoms with Gasteiger partial charge in [0, 0.05) is 33.7 Å². The molecule has 0 heterocycles. The van der Waals surface area contributed by atoms with Crippen LogP contribution in [0.3, 0.4) is 0 Å². The second-order valence-electron chi connectivity index (χ2n) is 5.88. The number of carbonyl (C=O) groups is 1. The molecule has 0 aromatic rings. The average molecular weight is 301 g/mol. The second-order valence-corrected chi connectivity index (χ2v) is 5.88. The summed E-state index contributed by atoms with van der Waals surface area (Å²) in [6.45, 7) is 10.0. The van der Waals surface area contributed by atoms with E-state index in [0.717, 1.165) is 0 Å².